The van der Waals surface area contributed by atoms with E-state index in [0.717, 1.165) is 17.7 Å². The van der Waals surface area contributed by atoms with Crippen LogP contribution in [0, 0.1) is 23.4 Å². The molecular formula is C19H17F3N2O2. The summed E-state index contributed by atoms with van der Waals surface area (Å²) in [5.74, 6) is -3.52. The fourth-order valence-corrected chi connectivity index (χ4v) is 2.92. The Balaban J connectivity index is 1.58. The Morgan fingerprint density at radius 2 is 1.73 bits per heavy atom. The van der Waals surface area contributed by atoms with Crippen LogP contribution in [0.15, 0.2) is 42.5 Å². The normalized spacial score (nSPS) is 16.8. The third kappa shape index (κ3) is 4.04. The molecule has 1 saturated heterocycles. The maximum Gasteiger partial charge on any atom is 0.229 e. The van der Waals surface area contributed by atoms with Gasteiger partial charge < -0.3 is 10.2 Å². The van der Waals surface area contributed by atoms with Crippen LogP contribution in [0.3, 0.4) is 0 Å². The van der Waals surface area contributed by atoms with Gasteiger partial charge >= 0.3 is 0 Å². The van der Waals surface area contributed by atoms with E-state index in [9.17, 15) is 22.8 Å². The lowest BCUT2D eigenvalue weighted by Gasteiger charge is -2.17. The minimum Gasteiger partial charge on any atom is -0.342 e. The van der Waals surface area contributed by atoms with Gasteiger partial charge in [-0.1, -0.05) is 18.2 Å². The number of rotatable bonds is 5. The third-order valence-corrected chi connectivity index (χ3v) is 4.38. The summed E-state index contributed by atoms with van der Waals surface area (Å²) < 4.78 is 40.2. The molecule has 0 aromatic heterocycles. The maximum atomic E-state index is 13.6. The Hall–Kier alpha value is -2.83. The van der Waals surface area contributed by atoms with E-state index in [4.69, 9.17) is 0 Å². The molecule has 1 heterocycles. The second-order valence-corrected chi connectivity index (χ2v) is 6.20. The van der Waals surface area contributed by atoms with Crippen molar-refractivity contribution in [2.24, 2.45) is 5.92 Å². The highest BCUT2D eigenvalue weighted by molar-refractivity contribution is 5.97. The lowest BCUT2D eigenvalue weighted by atomic mass is 10.1. The van der Waals surface area contributed by atoms with E-state index in [0.29, 0.717) is 13.0 Å². The molecule has 2 amide bonds. The summed E-state index contributed by atoms with van der Waals surface area (Å²) in [5, 5.41) is 2.23. The van der Waals surface area contributed by atoms with Gasteiger partial charge in [0, 0.05) is 19.5 Å². The summed E-state index contributed by atoms with van der Waals surface area (Å²) in [6, 6.07) is 9.28. The molecule has 1 N–H and O–H groups in total. The maximum absolute atomic E-state index is 13.6. The number of amides is 2. The van der Waals surface area contributed by atoms with Crippen molar-refractivity contribution in [3.8, 4) is 0 Å². The molecule has 1 aliphatic rings. The van der Waals surface area contributed by atoms with Gasteiger partial charge in [-0.3, -0.25) is 9.59 Å². The fourth-order valence-electron chi connectivity index (χ4n) is 2.92. The van der Waals surface area contributed by atoms with Gasteiger partial charge in [-0.25, -0.2) is 13.2 Å². The van der Waals surface area contributed by atoms with Gasteiger partial charge in [0.25, 0.3) is 0 Å². The number of halogens is 3. The summed E-state index contributed by atoms with van der Waals surface area (Å²) in [6.07, 6.45) is 0.521. The Labute approximate surface area is 148 Å². The molecule has 0 aliphatic carbocycles. The second kappa shape index (κ2) is 7.59. The molecule has 0 bridgehead atoms. The first-order chi connectivity index (χ1) is 12.4. The number of para-hydroxylation sites is 1. The van der Waals surface area contributed by atoms with Gasteiger partial charge in [-0.15, -0.1) is 0 Å². The lowest BCUT2D eigenvalue weighted by molar-refractivity contribution is -0.128. The average Bonchev–Trinajstić information content (AvgIpc) is 2.99. The first kappa shape index (κ1) is 18.0. The number of hydrogen-bond acceptors (Lipinski definition) is 2. The van der Waals surface area contributed by atoms with Crippen LogP contribution < -0.4 is 5.32 Å². The number of nitrogens with one attached hydrogen (secondary N) is 1. The second-order valence-electron chi connectivity index (χ2n) is 6.20. The Bertz CT molecular complexity index is 804. The van der Waals surface area contributed by atoms with Crippen molar-refractivity contribution in [2.45, 2.75) is 12.8 Å². The minimum atomic E-state index is -0.865. The third-order valence-electron chi connectivity index (χ3n) is 4.38. The zero-order valence-electron chi connectivity index (χ0n) is 13.8. The molecule has 136 valence electrons. The zero-order chi connectivity index (χ0) is 18.7. The number of hydrogen-bond donors (Lipinski definition) is 1. The molecule has 2 aromatic rings. The standard InChI is InChI=1S/C19H17F3N2O2/c20-14-6-4-12(5-7-14)8-9-24-11-13(10-17(24)25)19(26)23-18-15(21)2-1-3-16(18)22/h1-7,13H,8-11H2,(H,23,26). The van der Waals surface area contributed by atoms with Gasteiger partial charge in [0.15, 0.2) is 0 Å². The highest BCUT2D eigenvalue weighted by Crippen LogP contribution is 2.23. The van der Waals surface area contributed by atoms with Crippen LogP contribution in [0.5, 0.6) is 0 Å². The predicted octanol–water partition coefficient (Wildman–Crippen LogP) is 3.13. The molecule has 0 radical (unpaired) electrons. The Morgan fingerprint density at radius 3 is 2.38 bits per heavy atom. The molecular weight excluding hydrogens is 345 g/mol. The van der Waals surface area contributed by atoms with Crippen molar-refractivity contribution in [2.75, 3.05) is 18.4 Å². The lowest BCUT2D eigenvalue weighted by Crippen LogP contribution is -2.30. The van der Waals surface area contributed by atoms with Gasteiger partial charge in [0.2, 0.25) is 11.8 Å². The van der Waals surface area contributed by atoms with E-state index < -0.39 is 29.1 Å². The molecule has 0 spiro atoms. The number of carbonyl (C=O) groups excluding carboxylic acids is 2. The van der Waals surface area contributed by atoms with Crippen LogP contribution >= 0.6 is 0 Å². The fraction of sp³-hybridized carbons (Fsp3) is 0.263. The van der Waals surface area contributed by atoms with Crippen molar-refractivity contribution in [1.82, 2.24) is 4.90 Å². The van der Waals surface area contributed by atoms with E-state index in [2.05, 4.69) is 5.32 Å². The van der Waals surface area contributed by atoms with E-state index in [1.54, 1.807) is 12.1 Å². The van der Waals surface area contributed by atoms with Crippen molar-refractivity contribution in [3.63, 3.8) is 0 Å². The van der Waals surface area contributed by atoms with E-state index in [1.165, 1.54) is 23.1 Å². The number of anilines is 1. The van der Waals surface area contributed by atoms with Crippen LogP contribution in [0.1, 0.15) is 12.0 Å². The van der Waals surface area contributed by atoms with Crippen LogP contribution in [0.25, 0.3) is 0 Å². The quantitative estimate of drug-likeness (QED) is 0.888. The molecule has 1 fully saturated rings. The molecule has 26 heavy (non-hydrogen) atoms. The topological polar surface area (TPSA) is 49.4 Å². The van der Waals surface area contributed by atoms with E-state index in [1.807, 2.05) is 0 Å². The molecule has 1 atom stereocenters. The summed E-state index contributed by atoms with van der Waals surface area (Å²) in [6.45, 7) is 0.574. The van der Waals surface area contributed by atoms with Crippen molar-refractivity contribution >= 4 is 17.5 Å². The first-order valence-electron chi connectivity index (χ1n) is 8.21. The van der Waals surface area contributed by atoms with E-state index >= 15 is 0 Å². The van der Waals surface area contributed by atoms with Crippen molar-refractivity contribution < 1.29 is 22.8 Å². The van der Waals surface area contributed by atoms with Crippen LogP contribution in [-0.2, 0) is 16.0 Å². The molecule has 4 nitrogen and oxygen atoms in total. The number of likely N-dealkylation sites (tertiary alicyclic amines) is 1. The molecule has 0 saturated carbocycles. The molecule has 1 aliphatic heterocycles. The van der Waals surface area contributed by atoms with Crippen molar-refractivity contribution in [1.29, 1.82) is 0 Å². The monoisotopic (exact) mass is 362 g/mol. The molecule has 2 aromatic carbocycles. The largest absolute Gasteiger partial charge is 0.342 e. The van der Waals surface area contributed by atoms with Crippen LogP contribution in [0.2, 0.25) is 0 Å². The number of carbonyl (C=O) groups is 2. The SMILES string of the molecule is O=C(Nc1c(F)cccc1F)C1CC(=O)N(CCc2ccc(F)cc2)C1. The minimum absolute atomic E-state index is 0.00861. The van der Waals surface area contributed by atoms with E-state index in [-0.39, 0.29) is 24.7 Å². The predicted molar refractivity (Wildman–Crippen MR) is 89.8 cm³/mol. The van der Waals surface area contributed by atoms with Gasteiger partial charge in [0.05, 0.1) is 5.92 Å². The summed E-state index contributed by atoms with van der Waals surface area (Å²) in [5.41, 5.74) is 0.371. The van der Waals surface area contributed by atoms with Gasteiger partial charge in [-0.2, -0.15) is 0 Å². The Kier molecular flexibility index (Phi) is 5.25. The first-order valence-corrected chi connectivity index (χ1v) is 8.21. The molecule has 7 heteroatoms. The van der Waals surface area contributed by atoms with Gasteiger partial charge in [-0.05, 0) is 36.2 Å². The summed E-state index contributed by atoms with van der Waals surface area (Å²) >= 11 is 0. The number of benzene rings is 2. The van der Waals surface area contributed by atoms with Crippen LogP contribution in [-0.4, -0.2) is 29.8 Å². The molecule has 3 rings (SSSR count). The van der Waals surface area contributed by atoms with Gasteiger partial charge in [0.1, 0.15) is 23.1 Å². The number of nitrogens with zero attached hydrogens (tertiary/aromatic N) is 1. The van der Waals surface area contributed by atoms with Crippen molar-refractivity contribution in [3.05, 3.63) is 65.5 Å². The molecule has 1 unspecified atom stereocenters. The smallest absolute Gasteiger partial charge is 0.229 e. The Morgan fingerprint density at radius 1 is 1.08 bits per heavy atom. The summed E-state index contributed by atoms with van der Waals surface area (Å²) in [4.78, 5) is 25.9. The van der Waals surface area contributed by atoms with Crippen LogP contribution in [0.4, 0.5) is 18.9 Å². The highest BCUT2D eigenvalue weighted by atomic mass is 19.1. The highest BCUT2D eigenvalue weighted by Gasteiger charge is 2.34. The zero-order valence-corrected chi connectivity index (χ0v) is 13.8. The summed E-state index contributed by atoms with van der Waals surface area (Å²) in [7, 11) is 0. The average molecular weight is 362 g/mol.